The summed E-state index contributed by atoms with van der Waals surface area (Å²) in [4.78, 5) is 0. The molecule has 5 nitrogen and oxygen atoms in total. The second-order valence-corrected chi connectivity index (χ2v) is 22.7. The van der Waals surface area contributed by atoms with Gasteiger partial charge in [-0.2, -0.15) is 0 Å². The van der Waals surface area contributed by atoms with Crippen molar-refractivity contribution in [2.75, 3.05) is 39.6 Å². The third-order valence-electron chi connectivity index (χ3n) is 17.1. The number of allylic oxidation sites excluding steroid dienone is 5. The number of hydrogen-bond acceptors (Lipinski definition) is 5. The number of ether oxygens (including phenoxy) is 3. The average molecular weight is 880 g/mol. The van der Waals surface area contributed by atoms with Crippen molar-refractivity contribution < 1.29 is 19.3 Å². The normalized spacial score (nSPS) is 28.7. The first-order valence-electron chi connectivity index (χ1n) is 27.7. The van der Waals surface area contributed by atoms with Crippen LogP contribution in [-0.2, 0) is 14.2 Å². The number of nitrogens with two attached hydrogens (primary N) is 1. The van der Waals surface area contributed by atoms with Gasteiger partial charge < -0.3 is 25.1 Å². The molecule has 4 aliphatic carbocycles. The van der Waals surface area contributed by atoms with Crippen molar-refractivity contribution in [1.29, 1.82) is 0 Å². The summed E-state index contributed by atoms with van der Waals surface area (Å²) in [5, 5.41) is 9.93. The summed E-state index contributed by atoms with van der Waals surface area (Å²) < 4.78 is 18.4. The van der Waals surface area contributed by atoms with E-state index in [2.05, 4.69) is 71.9 Å². The third-order valence-corrected chi connectivity index (χ3v) is 17.1. The molecule has 3 N–H and O–H groups in total. The van der Waals surface area contributed by atoms with Crippen LogP contribution in [0, 0.1) is 46.3 Å². The molecule has 6 unspecified atom stereocenters. The predicted molar refractivity (Wildman–Crippen MR) is 270 cm³/mol. The van der Waals surface area contributed by atoms with Crippen LogP contribution in [0.5, 0.6) is 0 Å². The molecule has 9 atom stereocenters. The summed E-state index contributed by atoms with van der Waals surface area (Å²) in [6, 6.07) is 0. The minimum absolute atomic E-state index is 0.113. The van der Waals surface area contributed by atoms with Crippen molar-refractivity contribution in [2.45, 2.75) is 246 Å². The van der Waals surface area contributed by atoms with Crippen LogP contribution in [0.1, 0.15) is 234 Å². The highest BCUT2D eigenvalue weighted by molar-refractivity contribution is 5.25. The second-order valence-electron chi connectivity index (χ2n) is 22.7. The minimum atomic E-state index is -0.809. The molecule has 0 amide bonds. The monoisotopic (exact) mass is 880 g/mol. The Kier molecular flexibility index (Phi) is 26.4. The van der Waals surface area contributed by atoms with E-state index in [1.54, 1.807) is 5.57 Å². The van der Waals surface area contributed by atoms with Crippen molar-refractivity contribution in [3.63, 3.8) is 0 Å². The molecular formula is C58H105NO4. The topological polar surface area (TPSA) is 73.9 Å². The fourth-order valence-electron chi connectivity index (χ4n) is 13.1. The van der Waals surface area contributed by atoms with Gasteiger partial charge in [0.05, 0.1) is 31.5 Å². The van der Waals surface area contributed by atoms with E-state index in [1.807, 2.05) is 0 Å². The molecular weight excluding hydrogens is 775 g/mol. The number of rotatable bonds is 36. The molecule has 0 heterocycles. The molecule has 0 aromatic rings. The zero-order valence-electron chi connectivity index (χ0n) is 42.6. The van der Waals surface area contributed by atoms with Crippen molar-refractivity contribution >= 4 is 0 Å². The van der Waals surface area contributed by atoms with Crippen molar-refractivity contribution in [3.8, 4) is 0 Å². The zero-order chi connectivity index (χ0) is 45.2. The fraction of sp³-hybridized carbons (Fsp3) is 0.897. The van der Waals surface area contributed by atoms with E-state index in [9.17, 15) is 5.11 Å². The molecule has 3 saturated carbocycles. The van der Waals surface area contributed by atoms with Gasteiger partial charge in [0.1, 0.15) is 0 Å². The largest absolute Gasteiger partial charge is 0.394 e. The Morgan fingerprint density at radius 2 is 1.30 bits per heavy atom. The van der Waals surface area contributed by atoms with Gasteiger partial charge in [-0.25, -0.2) is 0 Å². The highest BCUT2D eigenvalue weighted by atomic mass is 16.5. The van der Waals surface area contributed by atoms with Crippen LogP contribution in [-0.4, -0.2) is 56.4 Å². The van der Waals surface area contributed by atoms with Gasteiger partial charge in [-0.15, -0.1) is 0 Å². The van der Waals surface area contributed by atoms with E-state index < -0.39 is 5.54 Å². The van der Waals surface area contributed by atoms with Crippen LogP contribution in [0.2, 0.25) is 0 Å². The lowest BCUT2D eigenvalue weighted by Gasteiger charge is -2.58. The van der Waals surface area contributed by atoms with Gasteiger partial charge >= 0.3 is 0 Å². The molecule has 366 valence electrons. The van der Waals surface area contributed by atoms with E-state index in [0.717, 1.165) is 61.4 Å². The minimum Gasteiger partial charge on any atom is -0.394 e. The lowest BCUT2D eigenvalue weighted by Crippen LogP contribution is -2.52. The van der Waals surface area contributed by atoms with Crippen molar-refractivity contribution in [3.05, 3.63) is 36.0 Å². The first-order valence-corrected chi connectivity index (χ1v) is 27.7. The van der Waals surface area contributed by atoms with Crippen LogP contribution in [0.3, 0.4) is 0 Å². The molecule has 0 radical (unpaired) electrons. The standard InChI is InChI=1S/C58H105NO4/c1-7-8-9-10-11-12-13-14-15-16-17-18-19-21-24-27-41-61-46-58(59,45-60)47-62-42-28-25-22-20-23-26-29-43-63-51-37-39-56(5)50(44-51)33-34-52-54-36-35-53(49(4)32-30-31-48(2)3)57(54,6)40-38-55(52)56/h11-12,14-15,33,48-49,51-55,60H,7-10,13,16-32,34-47,59H2,1-6H3/b12-11-,15-14-/t49?,51-,52?,53?,54?,55?,56-,57+,58?/m0/s1. The van der Waals surface area contributed by atoms with Gasteiger partial charge in [0.2, 0.25) is 0 Å². The van der Waals surface area contributed by atoms with E-state index in [-0.39, 0.29) is 6.61 Å². The average Bonchev–Trinajstić information content (AvgIpc) is 3.63. The Balaban J connectivity index is 0.946. The highest BCUT2D eigenvalue weighted by Gasteiger charge is 2.59. The van der Waals surface area contributed by atoms with E-state index in [1.165, 1.54) is 173 Å². The summed E-state index contributed by atoms with van der Waals surface area (Å²) >= 11 is 0. The predicted octanol–water partition coefficient (Wildman–Crippen LogP) is 15.7. The number of unbranched alkanes of at least 4 members (excludes halogenated alkanes) is 15. The lowest BCUT2D eigenvalue weighted by molar-refractivity contribution is -0.0641. The molecule has 3 fully saturated rings. The Labute approximate surface area is 391 Å². The van der Waals surface area contributed by atoms with Gasteiger partial charge in [0.15, 0.2) is 0 Å². The zero-order valence-corrected chi connectivity index (χ0v) is 42.6. The molecule has 63 heavy (non-hydrogen) atoms. The lowest BCUT2D eigenvalue weighted by atomic mass is 9.47. The maximum absolute atomic E-state index is 9.93. The van der Waals surface area contributed by atoms with Gasteiger partial charge in [-0.05, 0) is 149 Å². The van der Waals surface area contributed by atoms with Crippen molar-refractivity contribution in [1.82, 2.24) is 0 Å². The van der Waals surface area contributed by atoms with Crippen LogP contribution in [0.15, 0.2) is 36.0 Å². The Bertz CT molecular complexity index is 1280. The van der Waals surface area contributed by atoms with Gasteiger partial charge in [-0.3, -0.25) is 0 Å². The van der Waals surface area contributed by atoms with Crippen LogP contribution in [0.4, 0.5) is 0 Å². The van der Waals surface area contributed by atoms with Gasteiger partial charge in [-0.1, -0.05) is 167 Å². The maximum Gasteiger partial charge on any atom is 0.0862 e. The van der Waals surface area contributed by atoms with Crippen LogP contribution in [0.25, 0.3) is 0 Å². The number of aliphatic hydroxyl groups excluding tert-OH is 1. The number of fused-ring (bicyclic) bond motifs is 5. The molecule has 0 aromatic carbocycles. The summed E-state index contributed by atoms with van der Waals surface area (Å²) in [6.07, 6.45) is 51.2. The van der Waals surface area contributed by atoms with Gasteiger partial charge in [0, 0.05) is 19.8 Å². The summed E-state index contributed by atoms with van der Waals surface area (Å²) in [7, 11) is 0. The van der Waals surface area contributed by atoms with Gasteiger partial charge in [0.25, 0.3) is 0 Å². The Morgan fingerprint density at radius 1 is 0.698 bits per heavy atom. The third kappa shape index (κ3) is 18.6. The fourth-order valence-corrected chi connectivity index (χ4v) is 13.1. The molecule has 0 saturated heterocycles. The quantitative estimate of drug-likeness (QED) is 0.0484. The van der Waals surface area contributed by atoms with Crippen molar-refractivity contribution in [2.24, 2.45) is 52.1 Å². The number of hydrogen-bond donors (Lipinski definition) is 2. The highest BCUT2D eigenvalue weighted by Crippen LogP contribution is 2.67. The SMILES string of the molecule is CCCCC/C=C\C/C=C\CCCCCCCCOCC(N)(CO)COCCCCCCCCCO[C@H]1CC[C@@]2(C)C(=CCC3C4CCC(C(C)CCCC(C)C)[C@@]4(C)CCC32)C1. The maximum atomic E-state index is 9.93. The molecule has 4 aliphatic rings. The molecule has 0 bridgehead atoms. The molecule has 4 rings (SSSR count). The Morgan fingerprint density at radius 3 is 1.92 bits per heavy atom. The second kappa shape index (κ2) is 30.4. The summed E-state index contributed by atoms with van der Waals surface area (Å²) in [6.45, 7) is 18.0. The number of aliphatic hydroxyl groups is 1. The van der Waals surface area contributed by atoms with E-state index in [4.69, 9.17) is 19.9 Å². The first kappa shape index (κ1) is 54.6. The summed E-state index contributed by atoms with van der Waals surface area (Å²) in [5.41, 5.74) is 8.37. The van der Waals surface area contributed by atoms with E-state index >= 15 is 0 Å². The summed E-state index contributed by atoms with van der Waals surface area (Å²) in [5.74, 6) is 5.44. The first-order chi connectivity index (χ1) is 30.6. The van der Waals surface area contributed by atoms with E-state index in [0.29, 0.717) is 43.4 Å². The molecule has 0 spiro atoms. The smallest absolute Gasteiger partial charge is 0.0862 e. The molecule has 5 heteroatoms. The molecule has 0 aromatic heterocycles. The van der Waals surface area contributed by atoms with Crippen LogP contribution >= 0.6 is 0 Å². The van der Waals surface area contributed by atoms with Crippen LogP contribution < -0.4 is 5.73 Å². The Hall–Kier alpha value is -0.980. The molecule has 0 aliphatic heterocycles.